The van der Waals surface area contributed by atoms with Crippen LogP contribution in [0.1, 0.15) is 24.0 Å². The van der Waals surface area contributed by atoms with Crippen LogP contribution in [0, 0.1) is 10.1 Å². The summed E-state index contributed by atoms with van der Waals surface area (Å²) in [6.07, 6.45) is 0. The molecule has 0 amide bonds. The lowest BCUT2D eigenvalue weighted by molar-refractivity contribution is -0.484. The maximum absolute atomic E-state index is 12.6. The van der Waals surface area contributed by atoms with E-state index in [0.717, 1.165) is 0 Å². The van der Waals surface area contributed by atoms with E-state index in [1.54, 1.807) is 49.4 Å². The van der Waals surface area contributed by atoms with E-state index in [9.17, 15) is 14.9 Å². The fourth-order valence-corrected chi connectivity index (χ4v) is 3.44. The molecule has 124 valence electrons. The Hall–Kier alpha value is -2.11. The van der Waals surface area contributed by atoms with E-state index in [4.69, 9.17) is 27.9 Å². The van der Waals surface area contributed by atoms with Gasteiger partial charge in [0.1, 0.15) is 11.2 Å². The predicted molar refractivity (Wildman–Crippen MR) is 90.5 cm³/mol. The van der Waals surface area contributed by atoms with Gasteiger partial charge in [0.2, 0.25) is 6.54 Å². The van der Waals surface area contributed by atoms with Crippen LogP contribution >= 0.6 is 23.2 Å². The van der Waals surface area contributed by atoms with Crippen molar-refractivity contribution in [1.29, 1.82) is 0 Å². The summed E-state index contributed by atoms with van der Waals surface area (Å²) in [5.41, 5.74) is 0.0195. The van der Waals surface area contributed by atoms with Gasteiger partial charge in [0.05, 0.1) is 16.0 Å². The van der Waals surface area contributed by atoms with Gasteiger partial charge in [-0.25, -0.2) is 0 Å². The number of nitro groups is 1. The minimum absolute atomic E-state index is 0.283. The summed E-state index contributed by atoms with van der Waals surface area (Å²) in [6, 6.07) is 11.7. The van der Waals surface area contributed by atoms with Crippen LogP contribution in [-0.2, 0) is 10.2 Å². The molecule has 2 aromatic rings. The van der Waals surface area contributed by atoms with Crippen LogP contribution in [0.15, 0.2) is 42.5 Å². The highest BCUT2D eigenvalue weighted by molar-refractivity contribution is 6.42. The number of ether oxygens (including phenoxy) is 1. The number of carbonyl (C=O) groups is 1. The molecule has 24 heavy (non-hydrogen) atoms. The lowest BCUT2D eigenvalue weighted by Crippen LogP contribution is -2.40. The van der Waals surface area contributed by atoms with E-state index < -0.39 is 28.8 Å². The Morgan fingerprint density at radius 2 is 1.92 bits per heavy atom. The van der Waals surface area contributed by atoms with Gasteiger partial charge in [-0.1, -0.05) is 47.5 Å². The first-order valence-electron chi connectivity index (χ1n) is 7.22. The first-order valence-corrected chi connectivity index (χ1v) is 7.98. The molecular weight excluding hydrogens is 353 g/mol. The zero-order valence-corrected chi connectivity index (χ0v) is 14.2. The van der Waals surface area contributed by atoms with Gasteiger partial charge >= 0.3 is 5.97 Å². The molecule has 0 saturated carbocycles. The fraction of sp³-hybridized carbons (Fsp3) is 0.235. The molecular formula is C17H13Cl2NO4. The van der Waals surface area contributed by atoms with E-state index in [1.165, 1.54) is 0 Å². The summed E-state index contributed by atoms with van der Waals surface area (Å²) in [5, 5.41) is 11.9. The molecule has 0 saturated heterocycles. The van der Waals surface area contributed by atoms with Gasteiger partial charge in [0, 0.05) is 10.5 Å². The number of nitrogens with zero attached hydrogens (tertiary/aromatic N) is 1. The second-order valence-electron chi connectivity index (χ2n) is 5.83. The lowest BCUT2D eigenvalue weighted by Gasteiger charge is -2.29. The number of benzene rings is 2. The monoisotopic (exact) mass is 365 g/mol. The third kappa shape index (κ3) is 2.64. The van der Waals surface area contributed by atoms with Crippen LogP contribution in [0.5, 0.6) is 5.75 Å². The van der Waals surface area contributed by atoms with Crippen molar-refractivity contribution in [1.82, 2.24) is 0 Å². The van der Waals surface area contributed by atoms with Crippen LogP contribution in [0.25, 0.3) is 0 Å². The summed E-state index contributed by atoms with van der Waals surface area (Å²) in [6.45, 7) is 1.23. The number of hydrogen-bond donors (Lipinski definition) is 0. The van der Waals surface area contributed by atoms with Crippen molar-refractivity contribution >= 4 is 29.2 Å². The summed E-state index contributed by atoms with van der Waals surface area (Å²) in [5.74, 6) is -0.821. The maximum atomic E-state index is 12.6. The molecule has 5 nitrogen and oxygen atoms in total. The molecule has 0 bridgehead atoms. The van der Waals surface area contributed by atoms with Gasteiger partial charge in [-0.3, -0.25) is 14.9 Å². The molecule has 0 aliphatic carbocycles. The molecule has 3 rings (SSSR count). The van der Waals surface area contributed by atoms with E-state index in [-0.39, 0.29) is 5.02 Å². The predicted octanol–water partition coefficient (Wildman–Crippen LogP) is 4.23. The topological polar surface area (TPSA) is 69.4 Å². The standard InChI is InChI=1S/C17H13Cl2NO4/c1-17(11-4-2-3-5-15(11)24-16(17)21)12(9-20(22)23)10-6-7-13(18)14(19)8-10/h2-8,12H,9H2,1H3/t12-,17+/m1/s1. The third-order valence-electron chi connectivity index (χ3n) is 4.45. The Kier molecular flexibility index (Phi) is 4.24. The summed E-state index contributed by atoms with van der Waals surface area (Å²) in [7, 11) is 0. The van der Waals surface area contributed by atoms with Crippen molar-refractivity contribution in [2.24, 2.45) is 0 Å². The average molecular weight is 366 g/mol. The molecule has 0 radical (unpaired) electrons. The molecule has 0 unspecified atom stereocenters. The van der Waals surface area contributed by atoms with Crippen LogP contribution in [0.4, 0.5) is 0 Å². The maximum Gasteiger partial charge on any atom is 0.322 e. The zero-order valence-electron chi connectivity index (χ0n) is 12.7. The number of fused-ring (bicyclic) bond motifs is 1. The van der Waals surface area contributed by atoms with Gasteiger partial charge in [-0.05, 0) is 30.7 Å². The van der Waals surface area contributed by atoms with Gasteiger partial charge < -0.3 is 4.74 Å². The number of hydrogen-bond acceptors (Lipinski definition) is 4. The van der Waals surface area contributed by atoms with E-state index >= 15 is 0 Å². The normalized spacial score (nSPS) is 20.4. The van der Waals surface area contributed by atoms with Gasteiger partial charge in [0.15, 0.2) is 0 Å². The van der Waals surface area contributed by atoms with E-state index in [2.05, 4.69) is 0 Å². The zero-order chi connectivity index (χ0) is 17.5. The Morgan fingerprint density at radius 1 is 1.21 bits per heavy atom. The number of para-hydroxylation sites is 1. The third-order valence-corrected chi connectivity index (χ3v) is 5.19. The molecule has 7 heteroatoms. The Labute approximate surface area is 148 Å². The Bertz CT molecular complexity index is 839. The largest absolute Gasteiger partial charge is 0.426 e. The van der Waals surface area contributed by atoms with Crippen molar-refractivity contribution in [3.8, 4) is 5.75 Å². The first kappa shape index (κ1) is 16.7. The molecule has 0 fully saturated rings. The van der Waals surface area contributed by atoms with Gasteiger partial charge in [-0.2, -0.15) is 0 Å². The highest BCUT2D eigenvalue weighted by Crippen LogP contribution is 2.48. The minimum Gasteiger partial charge on any atom is -0.426 e. The van der Waals surface area contributed by atoms with Gasteiger partial charge in [0.25, 0.3) is 0 Å². The molecule has 1 heterocycles. The molecule has 0 aromatic heterocycles. The van der Waals surface area contributed by atoms with Crippen LogP contribution in [0.3, 0.4) is 0 Å². The van der Waals surface area contributed by atoms with Crippen molar-refractivity contribution < 1.29 is 14.5 Å². The highest BCUT2D eigenvalue weighted by atomic mass is 35.5. The minimum atomic E-state index is -1.18. The smallest absolute Gasteiger partial charge is 0.322 e. The summed E-state index contributed by atoms with van der Waals surface area (Å²) < 4.78 is 5.34. The van der Waals surface area contributed by atoms with E-state index in [1.807, 2.05) is 0 Å². The van der Waals surface area contributed by atoms with Gasteiger partial charge in [-0.15, -0.1) is 0 Å². The number of carbonyl (C=O) groups excluding carboxylic acids is 1. The molecule has 1 aliphatic heterocycles. The highest BCUT2D eigenvalue weighted by Gasteiger charge is 2.53. The van der Waals surface area contributed by atoms with Crippen molar-refractivity contribution in [2.75, 3.05) is 6.54 Å². The Morgan fingerprint density at radius 3 is 2.58 bits per heavy atom. The molecule has 2 atom stereocenters. The SMILES string of the molecule is C[C@]1([C@H](C[N+](=O)[O-])c2ccc(Cl)c(Cl)c2)C(=O)Oc2ccccc21. The van der Waals surface area contributed by atoms with Crippen LogP contribution in [0.2, 0.25) is 10.0 Å². The second kappa shape index (κ2) is 6.07. The van der Waals surface area contributed by atoms with Crippen molar-refractivity contribution in [3.63, 3.8) is 0 Å². The van der Waals surface area contributed by atoms with Crippen molar-refractivity contribution in [2.45, 2.75) is 18.3 Å². The van der Waals surface area contributed by atoms with E-state index in [0.29, 0.717) is 21.9 Å². The van der Waals surface area contributed by atoms with Crippen LogP contribution in [-0.4, -0.2) is 17.4 Å². The quantitative estimate of drug-likeness (QED) is 0.351. The summed E-state index contributed by atoms with van der Waals surface area (Å²) in [4.78, 5) is 23.4. The van der Waals surface area contributed by atoms with Crippen molar-refractivity contribution in [3.05, 3.63) is 73.8 Å². The second-order valence-corrected chi connectivity index (χ2v) is 6.64. The first-order chi connectivity index (χ1) is 11.3. The number of rotatable bonds is 4. The Balaban J connectivity index is 2.17. The lowest BCUT2D eigenvalue weighted by atomic mass is 9.69. The molecule has 1 aliphatic rings. The number of halogens is 2. The molecule has 0 N–H and O–H groups in total. The molecule has 2 aromatic carbocycles. The molecule has 0 spiro atoms. The number of esters is 1. The van der Waals surface area contributed by atoms with Crippen LogP contribution < -0.4 is 4.74 Å². The summed E-state index contributed by atoms with van der Waals surface area (Å²) >= 11 is 12.0. The average Bonchev–Trinajstić information content (AvgIpc) is 2.80. The fourth-order valence-electron chi connectivity index (χ4n) is 3.13.